The number of hydrogen-bond donors (Lipinski definition) is 2. The molecule has 2 aromatic heterocycles. The van der Waals surface area contributed by atoms with E-state index in [1.807, 2.05) is 11.4 Å². The van der Waals surface area contributed by atoms with Crippen molar-refractivity contribution in [3.8, 4) is 0 Å². The molecule has 0 aliphatic carbocycles. The number of carbonyl (C=O) groups excluding carboxylic acids is 1. The number of aromatic nitrogens is 2. The van der Waals surface area contributed by atoms with Gasteiger partial charge >= 0.3 is 0 Å². The minimum Gasteiger partial charge on any atom is -0.346 e. The molecule has 2 N–H and O–H groups in total. The van der Waals surface area contributed by atoms with Crippen LogP contribution in [0.15, 0.2) is 45.0 Å². The zero-order valence-corrected chi connectivity index (χ0v) is 13.1. The molecule has 0 radical (unpaired) electrons. The minimum atomic E-state index is -0.317. The highest BCUT2D eigenvalue weighted by Crippen LogP contribution is 2.22. The van der Waals surface area contributed by atoms with E-state index in [4.69, 9.17) is 0 Å². The molecule has 7 heteroatoms. The molecular weight excluding hydrogens is 354 g/mol. The van der Waals surface area contributed by atoms with Gasteiger partial charge in [0.15, 0.2) is 5.69 Å². The second kappa shape index (κ2) is 5.79. The fraction of sp³-hybridized carbons (Fsp3) is 0.0714. The van der Waals surface area contributed by atoms with Crippen LogP contribution < -0.4 is 10.9 Å². The van der Waals surface area contributed by atoms with E-state index >= 15 is 0 Å². The van der Waals surface area contributed by atoms with E-state index in [1.54, 1.807) is 35.6 Å². The first-order valence-electron chi connectivity index (χ1n) is 6.14. The van der Waals surface area contributed by atoms with Gasteiger partial charge in [0.05, 0.1) is 11.9 Å². The monoisotopic (exact) mass is 363 g/mol. The van der Waals surface area contributed by atoms with Crippen molar-refractivity contribution < 1.29 is 4.79 Å². The number of thiophene rings is 1. The van der Waals surface area contributed by atoms with Crippen molar-refractivity contribution >= 4 is 43.9 Å². The first-order valence-corrected chi connectivity index (χ1v) is 7.81. The number of H-pyrrole nitrogens is 1. The Morgan fingerprint density at radius 2 is 2.05 bits per heavy atom. The maximum Gasteiger partial charge on any atom is 0.272 e. The second-order valence-electron chi connectivity index (χ2n) is 4.32. The summed E-state index contributed by atoms with van der Waals surface area (Å²) < 4.78 is 0.965. The highest BCUT2D eigenvalue weighted by atomic mass is 79.9. The van der Waals surface area contributed by atoms with Crippen molar-refractivity contribution in [1.29, 1.82) is 0 Å². The maximum atomic E-state index is 12.3. The summed E-state index contributed by atoms with van der Waals surface area (Å²) in [6, 6.07) is 8.84. The van der Waals surface area contributed by atoms with Crippen molar-refractivity contribution in [2.45, 2.75) is 6.54 Å². The lowest BCUT2D eigenvalue weighted by molar-refractivity contribution is 0.0947. The molecule has 0 atom stereocenters. The molecule has 0 spiro atoms. The predicted octanol–water partition coefficient (Wildman–Crippen LogP) is 2.68. The number of benzene rings is 1. The van der Waals surface area contributed by atoms with Gasteiger partial charge in [-0.05, 0) is 33.4 Å². The highest BCUT2D eigenvalue weighted by Gasteiger charge is 2.14. The van der Waals surface area contributed by atoms with Gasteiger partial charge in [-0.25, -0.2) is 5.10 Å². The van der Waals surface area contributed by atoms with Crippen molar-refractivity contribution in [2.75, 3.05) is 0 Å². The van der Waals surface area contributed by atoms with Gasteiger partial charge in [0, 0.05) is 14.7 Å². The summed E-state index contributed by atoms with van der Waals surface area (Å²) in [4.78, 5) is 25.0. The van der Waals surface area contributed by atoms with Gasteiger partial charge in [-0.1, -0.05) is 18.2 Å². The fourth-order valence-corrected chi connectivity index (χ4v) is 3.42. The van der Waals surface area contributed by atoms with Gasteiger partial charge in [-0.15, -0.1) is 11.3 Å². The van der Waals surface area contributed by atoms with Crippen LogP contribution in [0.1, 0.15) is 15.4 Å². The van der Waals surface area contributed by atoms with Gasteiger partial charge in [-0.3, -0.25) is 9.59 Å². The van der Waals surface area contributed by atoms with Gasteiger partial charge in [0.1, 0.15) is 0 Å². The number of amides is 1. The standard InChI is InChI=1S/C14H10BrN3O2S/c15-10-5-6-21-11(10)7-16-14(20)12-8-3-1-2-4-9(8)13(19)18-17-12/h1-6H,7H2,(H,16,20)(H,18,19). The number of rotatable bonds is 3. The maximum absolute atomic E-state index is 12.3. The topological polar surface area (TPSA) is 74.8 Å². The molecular formula is C14H10BrN3O2S. The molecule has 106 valence electrons. The van der Waals surface area contributed by atoms with Crippen molar-refractivity contribution in [1.82, 2.24) is 15.5 Å². The molecule has 0 saturated heterocycles. The third-order valence-electron chi connectivity index (χ3n) is 3.01. The largest absolute Gasteiger partial charge is 0.346 e. The molecule has 1 amide bonds. The smallest absolute Gasteiger partial charge is 0.272 e. The molecule has 0 aliphatic rings. The Morgan fingerprint density at radius 1 is 1.29 bits per heavy atom. The van der Waals surface area contributed by atoms with Crippen LogP contribution in [0.25, 0.3) is 10.8 Å². The van der Waals surface area contributed by atoms with Gasteiger partial charge in [0.2, 0.25) is 0 Å². The van der Waals surface area contributed by atoms with Crippen LogP contribution in [0.3, 0.4) is 0 Å². The summed E-state index contributed by atoms with van der Waals surface area (Å²) in [6.07, 6.45) is 0. The predicted molar refractivity (Wildman–Crippen MR) is 85.6 cm³/mol. The zero-order chi connectivity index (χ0) is 14.8. The Bertz CT molecular complexity index is 872. The van der Waals surface area contributed by atoms with Crippen LogP contribution >= 0.6 is 27.3 Å². The summed E-state index contributed by atoms with van der Waals surface area (Å²) in [5, 5.41) is 12.0. The van der Waals surface area contributed by atoms with Crippen LogP contribution in [0.5, 0.6) is 0 Å². The first-order chi connectivity index (χ1) is 10.2. The van der Waals surface area contributed by atoms with Crippen LogP contribution in [0.4, 0.5) is 0 Å². The fourth-order valence-electron chi connectivity index (χ4n) is 1.98. The molecule has 0 bridgehead atoms. The summed E-state index contributed by atoms with van der Waals surface area (Å²) >= 11 is 4.97. The lowest BCUT2D eigenvalue weighted by atomic mass is 10.1. The number of fused-ring (bicyclic) bond motifs is 1. The third kappa shape index (κ3) is 2.74. The van der Waals surface area contributed by atoms with Gasteiger partial charge < -0.3 is 5.32 Å². The van der Waals surface area contributed by atoms with Crippen LogP contribution in [-0.2, 0) is 6.54 Å². The van der Waals surface area contributed by atoms with Crippen LogP contribution in [0, 0.1) is 0 Å². The molecule has 3 rings (SSSR count). The molecule has 5 nitrogen and oxygen atoms in total. The molecule has 1 aromatic carbocycles. The lowest BCUT2D eigenvalue weighted by Crippen LogP contribution is -2.26. The molecule has 0 saturated carbocycles. The zero-order valence-electron chi connectivity index (χ0n) is 10.7. The molecule has 21 heavy (non-hydrogen) atoms. The van der Waals surface area contributed by atoms with E-state index in [9.17, 15) is 9.59 Å². The average Bonchev–Trinajstić information content (AvgIpc) is 2.91. The number of carbonyl (C=O) groups is 1. The SMILES string of the molecule is O=C(NCc1sccc1Br)c1n[nH]c(=O)c2ccccc12. The van der Waals surface area contributed by atoms with E-state index in [-0.39, 0.29) is 17.2 Å². The quantitative estimate of drug-likeness (QED) is 0.750. The molecule has 0 aliphatic heterocycles. The van der Waals surface area contributed by atoms with E-state index in [0.717, 1.165) is 9.35 Å². The van der Waals surface area contributed by atoms with E-state index < -0.39 is 0 Å². The molecule has 0 unspecified atom stereocenters. The Hall–Kier alpha value is -1.99. The van der Waals surface area contributed by atoms with Gasteiger partial charge in [-0.2, -0.15) is 5.10 Å². The number of hydrogen-bond acceptors (Lipinski definition) is 4. The Balaban J connectivity index is 1.90. The number of aromatic amines is 1. The average molecular weight is 364 g/mol. The van der Waals surface area contributed by atoms with Gasteiger partial charge in [0.25, 0.3) is 11.5 Å². The van der Waals surface area contributed by atoms with Crippen molar-refractivity contribution in [3.05, 3.63) is 61.1 Å². The number of nitrogens with zero attached hydrogens (tertiary/aromatic N) is 1. The Labute approximate surface area is 132 Å². The van der Waals surface area contributed by atoms with E-state index in [2.05, 4.69) is 31.4 Å². The Morgan fingerprint density at radius 3 is 2.76 bits per heavy atom. The summed E-state index contributed by atoms with van der Waals surface area (Å²) in [5.41, 5.74) is -0.0824. The molecule has 2 heterocycles. The Kier molecular flexibility index (Phi) is 3.85. The highest BCUT2D eigenvalue weighted by molar-refractivity contribution is 9.10. The third-order valence-corrected chi connectivity index (χ3v) is 4.94. The van der Waals surface area contributed by atoms with Crippen LogP contribution in [-0.4, -0.2) is 16.1 Å². The summed E-state index contributed by atoms with van der Waals surface area (Å²) in [6.45, 7) is 0.409. The second-order valence-corrected chi connectivity index (χ2v) is 6.18. The van der Waals surface area contributed by atoms with Crippen LogP contribution in [0.2, 0.25) is 0 Å². The summed E-state index contributed by atoms with van der Waals surface area (Å²) in [7, 11) is 0. The normalized spacial score (nSPS) is 10.7. The summed E-state index contributed by atoms with van der Waals surface area (Å²) in [5.74, 6) is -0.317. The van der Waals surface area contributed by atoms with Crippen molar-refractivity contribution in [3.63, 3.8) is 0 Å². The molecule has 3 aromatic rings. The number of nitrogens with one attached hydrogen (secondary N) is 2. The minimum absolute atomic E-state index is 0.220. The van der Waals surface area contributed by atoms with E-state index in [1.165, 1.54) is 0 Å². The first kappa shape index (κ1) is 14.0. The van der Waals surface area contributed by atoms with Crippen molar-refractivity contribution in [2.24, 2.45) is 0 Å². The molecule has 0 fully saturated rings. The van der Waals surface area contributed by atoms with E-state index in [0.29, 0.717) is 17.3 Å². The lowest BCUT2D eigenvalue weighted by Gasteiger charge is -2.06. The number of halogens is 1.